The summed E-state index contributed by atoms with van der Waals surface area (Å²) in [7, 11) is 3.54. The molecule has 10 heteroatoms. The van der Waals surface area contributed by atoms with E-state index in [4.69, 9.17) is 0 Å². The molecule has 0 N–H and O–H groups in total. The number of hydrogen-bond donors (Lipinski definition) is 0. The van der Waals surface area contributed by atoms with E-state index in [1.807, 2.05) is 18.5 Å². The topological polar surface area (TPSA) is 61.4 Å². The van der Waals surface area contributed by atoms with Gasteiger partial charge in [0, 0.05) is 20.2 Å². The molecule has 0 saturated heterocycles. The number of halogens is 3. The maximum Gasteiger partial charge on any atom is 0.435 e. The third-order valence-corrected chi connectivity index (χ3v) is 4.33. The van der Waals surface area contributed by atoms with E-state index in [2.05, 4.69) is 20.2 Å². The smallest absolute Gasteiger partial charge is 0.328 e. The van der Waals surface area contributed by atoms with Crippen molar-refractivity contribution in [3.8, 4) is 11.5 Å². The van der Waals surface area contributed by atoms with Crippen LogP contribution >= 0.6 is 11.8 Å². The highest BCUT2D eigenvalue weighted by Crippen LogP contribution is 2.32. The molecule has 23 heavy (non-hydrogen) atoms. The molecule has 0 aromatic carbocycles. The molecule has 0 spiro atoms. The van der Waals surface area contributed by atoms with Crippen molar-refractivity contribution in [2.24, 2.45) is 14.1 Å². The van der Waals surface area contributed by atoms with Gasteiger partial charge in [0.25, 0.3) is 0 Å². The van der Waals surface area contributed by atoms with Crippen LogP contribution in [-0.4, -0.2) is 35.1 Å². The first-order valence-electron chi connectivity index (χ1n) is 6.74. The Hall–Kier alpha value is -2.10. The first-order valence-corrected chi connectivity index (χ1v) is 7.73. The Labute approximate surface area is 133 Å². The zero-order chi connectivity index (χ0) is 16.8. The van der Waals surface area contributed by atoms with Crippen LogP contribution in [0.4, 0.5) is 13.2 Å². The van der Waals surface area contributed by atoms with Gasteiger partial charge in [0.05, 0.1) is 6.33 Å². The normalized spacial score (nSPS) is 12.3. The molecule has 0 fully saturated rings. The molecule has 0 unspecified atom stereocenters. The Morgan fingerprint density at radius 1 is 1.22 bits per heavy atom. The lowest BCUT2D eigenvalue weighted by Gasteiger charge is -2.04. The average molecular weight is 342 g/mol. The Balaban J connectivity index is 2.18. The van der Waals surface area contributed by atoms with Crippen LogP contribution in [0.3, 0.4) is 0 Å². The van der Waals surface area contributed by atoms with Crippen LogP contribution in [0.15, 0.2) is 17.4 Å². The number of aromatic nitrogens is 6. The summed E-state index contributed by atoms with van der Waals surface area (Å²) in [4.78, 5) is 8.60. The van der Waals surface area contributed by atoms with Gasteiger partial charge in [-0.3, -0.25) is 0 Å². The molecular weight excluding hydrogens is 329 g/mol. The summed E-state index contributed by atoms with van der Waals surface area (Å²) in [5, 5.41) is 7.81. The van der Waals surface area contributed by atoms with Crippen molar-refractivity contribution in [2.45, 2.75) is 18.1 Å². The van der Waals surface area contributed by atoms with E-state index in [-0.39, 0.29) is 11.2 Å². The number of thioether (sulfide) groups is 1. The van der Waals surface area contributed by atoms with Gasteiger partial charge in [-0.1, -0.05) is 6.92 Å². The van der Waals surface area contributed by atoms with Crippen molar-refractivity contribution in [2.75, 3.05) is 5.75 Å². The molecule has 6 nitrogen and oxygen atoms in total. The van der Waals surface area contributed by atoms with Gasteiger partial charge in [-0.05, 0) is 5.75 Å². The molecule has 0 aliphatic carbocycles. The second kappa shape index (κ2) is 5.52. The van der Waals surface area contributed by atoms with Crippen molar-refractivity contribution < 1.29 is 13.2 Å². The molecule has 0 atom stereocenters. The van der Waals surface area contributed by atoms with Gasteiger partial charge in [-0.25, -0.2) is 9.97 Å². The summed E-state index contributed by atoms with van der Waals surface area (Å²) in [6, 6.07) is 0.904. The monoisotopic (exact) mass is 342 g/mol. The lowest BCUT2D eigenvalue weighted by Crippen LogP contribution is -2.09. The third-order valence-electron chi connectivity index (χ3n) is 3.28. The van der Waals surface area contributed by atoms with Crippen LogP contribution in [-0.2, 0) is 20.3 Å². The fourth-order valence-electron chi connectivity index (χ4n) is 2.22. The molecule has 3 aromatic heterocycles. The number of nitrogens with zero attached hydrogens (tertiary/aromatic N) is 6. The highest BCUT2D eigenvalue weighted by Gasteiger charge is 2.34. The summed E-state index contributed by atoms with van der Waals surface area (Å²) in [6.07, 6.45) is -2.90. The maximum absolute atomic E-state index is 12.8. The van der Waals surface area contributed by atoms with Gasteiger partial charge in [-0.15, -0.1) is 22.0 Å². The molecule has 3 aromatic rings. The van der Waals surface area contributed by atoms with E-state index in [1.165, 1.54) is 0 Å². The predicted octanol–water partition coefficient (Wildman–Crippen LogP) is 2.89. The van der Waals surface area contributed by atoms with E-state index >= 15 is 0 Å². The number of imidazole rings is 2. The number of alkyl halides is 3. The largest absolute Gasteiger partial charge is 0.435 e. The van der Waals surface area contributed by atoms with Gasteiger partial charge in [0.2, 0.25) is 0 Å². The predicted molar refractivity (Wildman–Crippen MR) is 79.9 cm³/mol. The minimum Gasteiger partial charge on any atom is -0.328 e. The standard InChI is InChI=1S/C13H13F3N6S/c1-4-23-12-9(17-6-21(12)2)11-18-7-5-8(13(14,15)16)19-20-10(7)22(11)3/h5-6H,4H2,1-3H3. The van der Waals surface area contributed by atoms with Gasteiger partial charge < -0.3 is 9.13 Å². The van der Waals surface area contributed by atoms with Gasteiger partial charge in [0.1, 0.15) is 16.2 Å². The van der Waals surface area contributed by atoms with Crippen molar-refractivity contribution in [1.82, 2.24) is 29.3 Å². The van der Waals surface area contributed by atoms with Crippen LogP contribution in [0.1, 0.15) is 12.6 Å². The van der Waals surface area contributed by atoms with Crippen LogP contribution in [0.5, 0.6) is 0 Å². The number of aryl methyl sites for hydroxylation is 2. The SMILES string of the molecule is CCSc1c(-c2nc3cc(C(F)(F)F)nnc3n2C)ncn1C. The summed E-state index contributed by atoms with van der Waals surface area (Å²) < 4.78 is 41.7. The van der Waals surface area contributed by atoms with Gasteiger partial charge in [-0.2, -0.15) is 13.2 Å². The number of rotatable bonds is 3. The lowest BCUT2D eigenvalue weighted by molar-refractivity contribution is -0.141. The molecule has 0 aliphatic heterocycles. The first-order chi connectivity index (χ1) is 10.8. The third kappa shape index (κ3) is 2.67. The molecule has 0 saturated carbocycles. The highest BCUT2D eigenvalue weighted by molar-refractivity contribution is 7.99. The lowest BCUT2D eigenvalue weighted by atomic mass is 10.3. The Bertz CT molecular complexity index is 867. The van der Waals surface area contributed by atoms with Gasteiger partial charge >= 0.3 is 6.18 Å². The van der Waals surface area contributed by atoms with Gasteiger partial charge in [0.15, 0.2) is 17.2 Å². The maximum atomic E-state index is 12.8. The molecule has 0 aliphatic rings. The summed E-state index contributed by atoms with van der Waals surface area (Å²) in [5.41, 5.74) is -0.0127. The van der Waals surface area contributed by atoms with Crippen LogP contribution < -0.4 is 0 Å². The van der Waals surface area contributed by atoms with E-state index in [0.29, 0.717) is 11.5 Å². The minimum absolute atomic E-state index is 0.142. The van der Waals surface area contributed by atoms with Crippen molar-refractivity contribution in [1.29, 1.82) is 0 Å². The molecule has 3 heterocycles. The fraction of sp³-hybridized carbons (Fsp3) is 0.385. The Morgan fingerprint density at radius 3 is 2.61 bits per heavy atom. The molecule has 0 radical (unpaired) electrons. The van der Waals surface area contributed by atoms with E-state index in [9.17, 15) is 13.2 Å². The Kier molecular flexibility index (Phi) is 3.78. The summed E-state index contributed by atoms with van der Waals surface area (Å²) >= 11 is 1.59. The molecule has 122 valence electrons. The molecule has 3 rings (SSSR count). The van der Waals surface area contributed by atoms with Crippen molar-refractivity contribution in [3.05, 3.63) is 18.1 Å². The molecular formula is C13H13F3N6S. The fourth-order valence-corrected chi connectivity index (χ4v) is 3.02. The first kappa shape index (κ1) is 15.8. The van der Waals surface area contributed by atoms with Crippen LogP contribution in [0, 0.1) is 0 Å². The second-order valence-electron chi connectivity index (χ2n) is 4.87. The van der Waals surface area contributed by atoms with Crippen molar-refractivity contribution >= 4 is 22.9 Å². The van der Waals surface area contributed by atoms with Crippen LogP contribution in [0.25, 0.3) is 22.7 Å². The zero-order valence-corrected chi connectivity index (χ0v) is 13.4. The quantitative estimate of drug-likeness (QED) is 0.685. The average Bonchev–Trinajstić information content (AvgIpc) is 3.00. The van der Waals surface area contributed by atoms with Crippen molar-refractivity contribution in [3.63, 3.8) is 0 Å². The molecule has 0 bridgehead atoms. The zero-order valence-electron chi connectivity index (χ0n) is 12.6. The van der Waals surface area contributed by atoms with E-state index in [0.717, 1.165) is 16.8 Å². The summed E-state index contributed by atoms with van der Waals surface area (Å²) in [6.45, 7) is 2.01. The second-order valence-corrected chi connectivity index (χ2v) is 6.13. The highest BCUT2D eigenvalue weighted by atomic mass is 32.2. The Morgan fingerprint density at radius 2 is 1.96 bits per heavy atom. The van der Waals surface area contributed by atoms with E-state index in [1.54, 1.807) is 29.7 Å². The van der Waals surface area contributed by atoms with Crippen LogP contribution in [0.2, 0.25) is 0 Å². The minimum atomic E-state index is -4.55. The molecule has 0 amide bonds. The number of hydrogen-bond acceptors (Lipinski definition) is 5. The summed E-state index contributed by atoms with van der Waals surface area (Å²) in [5.74, 6) is 1.30. The van der Waals surface area contributed by atoms with E-state index < -0.39 is 11.9 Å². The number of fused-ring (bicyclic) bond motifs is 1.